The molecule has 0 radical (unpaired) electrons. The Morgan fingerprint density at radius 3 is 2.46 bits per heavy atom. The van der Waals surface area contributed by atoms with Crippen LogP contribution in [0.25, 0.3) is 0 Å². The van der Waals surface area contributed by atoms with Gasteiger partial charge in [0.05, 0.1) is 25.9 Å². The third-order valence-corrected chi connectivity index (χ3v) is 5.35. The monoisotopic (exact) mass is 365 g/mol. The minimum Gasteiger partial charge on any atom is -0.379 e. The summed E-state index contributed by atoms with van der Waals surface area (Å²) in [6.45, 7) is 3.55. The van der Waals surface area contributed by atoms with E-state index in [1.807, 2.05) is 30.3 Å². The molecule has 3 saturated heterocycles. The fourth-order valence-electron chi connectivity index (χ4n) is 4.08. The highest BCUT2D eigenvalue weighted by Gasteiger charge is 2.52. The van der Waals surface area contributed by atoms with Gasteiger partial charge in [0.2, 0.25) is 0 Å². The lowest BCUT2D eigenvalue weighted by atomic mass is 9.93. The molecule has 3 fully saturated rings. The van der Waals surface area contributed by atoms with Crippen LogP contribution in [0.3, 0.4) is 0 Å². The Morgan fingerprint density at radius 2 is 1.77 bits per heavy atom. The van der Waals surface area contributed by atoms with Crippen molar-refractivity contribution >= 4 is 0 Å². The highest BCUT2D eigenvalue weighted by Crippen LogP contribution is 2.37. The van der Waals surface area contributed by atoms with Gasteiger partial charge in [-0.1, -0.05) is 30.3 Å². The molecule has 3 aliphatic heterocycles. The van der Waals surface area contributed by atoms with Crippen LogP contribution in [-0.4, -0.2) is 82.7 Å². The SMILES string of the molecule is CO[C@@H]1O[C@@H]2CO[C@@H](c3ccccc3)O[C@H]2[C@@H](N2CCOCC2)[C@@H]1OC. The van der Waals surface area contributed by atoms with Crippen LogP contribution in [0, 0.1) is 0 Å². The van der Waals surface area contributed by atoms with Gasteiger partial charge in [0.25, 0.3) is 0 Å². The third kappa shape index (κ3) is 3.53. The Labute approximate surface area is 154 Å². The first-order chi connectivity index (χ1) is 12.8. The van der Waals surface area contributed by atoms with Gasteiger partial charge in [0.15, 0.2) is 12.6 Å². The summed E-state index contributed by atoms with van der Waals surface area (Å²) in [6.07, 6.45) is -1.45. The number of hydrogen-bond acceptors (Lipinski definition) is 7. The highest BCUT2D eigenvalue weighted by molar-refractivity contribution is 5.17. The molecule has 0 unspecified atom stereocenters. The zero-order chi connectivity index (χ0) is 17.9. The molecule has 0 bridgehead atoms. The number of morpholine rings is 1. The van der Waals surface area contributed by atoms with Gasteiger partial charge in [-0.2, -0.15) is 0 Å². The minimum absolute atomic E-state index is 0.0164. The lowest BCUT2D eigenvalue weighted by molar-refractivity contribution is -0.353. The van der Waals surface area contributed by atoms with Gasteiger partial charge in [0.1, 0.15) is 18.3 Å². The normalized spacial score (nSPS) is 38.7. The maximum absolute atomic E-state index is 6.40. The summed E-state index contributed by atoms with van der Waals surface area (Å²) in [5.41, 5.74) is 1.01. The molecule has 3 heterocycles. The predicted octanol–water partition coefficient (Wildman–Crippen LogP) is 1.19. The van der Waals surface area contributed by atoms with E-state index in [1.54, 1.807) is 14.2 Å². The zero-order valence-corrected chi connectivity index (χ0v) is 15.3. The molecule has 0 N–H and O–H groups in total. The van der Waals surface area contributed by atoms with Crippen molar-refractivity contribution in [3.63, 3.8) is 0 Å². The topological polar surface area (TPSA) is 58.6 Å². The van der Waals surface area contributed by atoms with E-state index in [2.05, 4.69) is 4.90 Å². The van der Waals surface area contributed by atoms with Crippen molar-refractivity contribution < 1.29 is 28.4 Å². The van der Waals surface area contributed by atoms with Crippen molar-refractivity contribution in [3.8, 4) is 0 Å². The zero-order valence-electron chi connectivity index (χ0n) is 15.3. The fourth-order valence-corrected chi connectivity index (χ4v) is 4.08. The van der Waals surface area contributed by atoms with Crippen LogP contribution in [0.15, 0.2) is 30.3 Å². The van der Waals surface area contributed by atoms with Crippen molar-refractivity contribution in [2.24, 2.45) is 0 Å². The van der Waals surface area contributed by atoms with Gasteiger partial charge in [0, 0.05) is 32.9 Å². The average molecular weight is 365 g/mol. The second-order valence-corrected chi connectivity index (χ2v) is 6.79. The summed E-state index contributed by atoms with van der Waals surface area (Å²) in [5, 5.41) is 0. The Hall–Kier alpha value is -1.06. The Bertz CT molecular complexity index is 566. The molecule has 144 valence electrons. The number of ether oxygens (including phenoxy) is 6. The van der Waals surface area contributed by atoms with Crippen LogP contribution in [-0.2, 0) is 28.4 Å². The largest absolute Gasteiger partial charge is 0.379 e. The number of nitrogens with zero attached hydrogens (tertiary/aromatic N) is 1. The van der Waals surface area contributed by atoms with Crippen molar-refractivity contribution in [3.05, 3.63) is 35.9 Å². The molecule has 0 amide bonds. The molecular formula is C19H27NO6. The van der Waals surface area contributed by atoms with Gasteiger partial charge in [-0.05, 0) is 0 Å². The standard InChI is InChI=1S/C19H27NO6/c1-21-17-15(20-8-10-23-11-9-20)16-14(25-19(17)22-2)12-24-18(26-16)13-6-4-3-5-7-13/h3-7,14-19H,8-12H2,1-2H3/t14-,15-,16-,17+,18-,19-/m1/s1. The van der Waals surface area contributed by atoms with Gasteiger partial charge < -0.3 is 28.4 Å². The van der Waals surface area contributed by atoms with Crippen LogP contribution in [0.4, 0.5) is 0 Å². The molecule has 0 spiro atoms. The van der Waals surface area contributed by atoms with E-state index in [-0.39, 0.29) is 24.4 Å². The second-order valence-electron chi connectivity index (χ2n) is 6.79. The highest BCUT2D eigenvalue weighted by atomic mass is 16.8. The molecule has 4 rings (SSSR count). The van der Waals surface area contributed by atoms with Crippen molar-refractivity contribution in [2.75, 3.05) is 47.1 Å². The van der Waals surface area contributed by atoms with Crippen LogP contribution in [0.5, 0.6) is 0 Å². The Balaban J connectivity index is 1.59. The Kier molecular flexibility index (Phi) is 5.85. The van der Waals surface area contributed by atoms with Crippen molar-refractivity contribution in [1.82, 2.24) is 4.90 Å². The van der Waals surface area contributed by atoms with Crippen molar-refractivity contribution in [1.29, 1.82) is 0 Å². The minimum atomic E-state index is -0.449. The van der Waals surface area contributed by atoms with E-state index in [0.717, 1.165) is 18.7 Å². The molecule has 1 aromatic rings. The molecule has 7 nitrogen and oxygen atoms in total. The molecule has 26 heavy (non-hydrogen) atoms. The first-order valence-electron chi connectivity index (χ1n) is 9.16. The van der Waals surface area contributed by atoms with Crippen LogP contribution in [0.1, 0.15) is 11.9 Å². The van der Waals surface area contributed by atoms with Gasteiger partial charge in [-0.15, -0.1) is 0 Å². The number of benzene rings is 1. The smallest absolute Gasteiger partial charge is 0.185 e. The maximum atomic E-state index is 6.40. The Morgan fingerprint density at radius 1 is 1.00 bits per heavy atom. The first-order valence-corrected chi connectivity index (χ1v) is 9.16. The van der Waals surface area contributed by atoms with Crippen LogP contribution >= 0.6 is 0 Å². The molecule has 0 aliphatic carbocycles. The van der Waals surface area contributed by atoms with Gasteiger partial charge in [-0.25, -0.2) is 0 Å². The molecule has 0 saturated carbocycles. The number of fused-ring (bicyclic) bond motifs is 1. The second kappa shape index (κ2) is 8.31. The molecule has 7 heteroatoms. The van der Waals surface area contributed by atoms with Crippen LogP contribution in [0.2, 0.25) is 0 Å². The number of rotatable bonds is 4. The van der Waals surface area contributed by atoms with Gasteiger partial charge >= 0.3 is 0 Å². The quantitative estimate of drug-likeness (QED) is 0.794. The average Bonchev–Trinajstić information content (AvgIpc) is 2.73. The number of methoxy groups -OCH3 is 2. The summed E-state index contributed by atoms with van der Waals surface area (Å²) in [4.78, 5) is 2.37. The third-order valence-electron chi connectivity index (χ3n) is 5.35. The molecule has 3 aliphatic rings. The molecule has 6 atom stereocenters. The molecule has 1 aromatic carbocycles. The summed E-state index contributed by atoms with van der Waals surface area (Å²) < 4.78 is 35.3. The lowest BCUT2D eigenvalue weighted by Gasteiger charge is -2.52. The van der Waals surface area contributed by atoms with E-state index in [4.69, 9.17) is 28.4 Å². The molecule has 0 aromatic heterocycles. The maximum Gasteiger partial charge on any atom is 0.185 e. The lowest BCUT2D eigenvalue weighted by Crippen LogP contribution is -2.68. The predicted molar refractivity (Wildman–Crippen MR) is 92.7 cm³/mol. The van der Waals surface area contributed by atoms with E-state index in [1.165, 1.54) is 0 Å². The summed E-state index contributed by atoms with van der Waals surface area (Å²) in [5.74, 6) is 0. The van der Waals surface area contributed by atoms with E-state index < -0.39 is 12.6 Å². The van der Waals surface area contributed by atoms with E-state index in [9.17, 15) is 0 Å². The van der Waals surface area contributed by atoms with Gasteiger partial charge in [-0.3, -0.25) is 4.90 Å². The molecular weight excluding hydrogens is 338 g/mol. The van der Waals surface area contributed by atoms with Crippen LogP contribution < -0.4 is 0 Å². The van der Waals surface area contributed by atoms with E-state index >= 15 is 0 Å². The summed E-state index contributed by atoms with van der Waals surface area (Å²) >= 11 is 0. The summed E-state index contributed by atoms with van der Waals surface area (Å²) in [6, 6.07) is 10.0. The summed E-state index contributed by atoms with van der Waals surface area (Å²) in [7, 11) is 3.34. The van der Waals surface area contributed by atoms with E-state index in [0.29, 0.717) is 19.8 Å². The van der Waals surface area contributed by atoms with Crippen molar-refractivity contribution in [2.45, 2.75) is 36.9 Å². The first kappa shape index (κ1) is 18.3. The fraction of sp³-hybridized carbons (Fsp3) is 0.684. The number of hydrogen-bond donors (Lipinski definition) is 0.